The van der Waals surface area contributed by atoms with Crippen molar-refractivity contribution in [2.45, 2.75) is 25.7 Å². The Labute approximate surface area is 137 Å². The molecule has 3 heterocycles. The lowest BCUT2D eigenvalue weighted by atomic mass is 9.94. The van der Waals surface area contributed by atoms with E-state index in [-0.39, 0.29) is 0 Å². The standard InChI is InChI=1S/C16H22N4O2S/c1-12-17-11-16(19(12)2)15-6-4-5-14(18-15)13-7-9-20(10-8-13)23(3,21)22/h4-6,11,13H,7-10H2,1-3H3. The molecule has 0 bridgehead atoms. The molecule has 0 saturated carbocycles. The van der Waals surface area contributed by atoms with E-state index in [4.69, 9.17) is 4.98 Å². The number of sulfonamides is 1. The summed E-state index contributed by atoms with van der Waals surface area (Å²) >= 11 is 0. The summed E-state index contributed by atoms with van der Waals surface area (Å²) in [4.78, 5) is 9.12. The van der Waals surface area contributed by atoms with E-state index in [1.807, 2.05) is 42.9 Å². The van der Waals surface area contributed by atoms with Gasteiger partial charge in [-0.1, -0.05) is 6.07 Å². The van der Waals surface area contributed by atoms with Crippen LogP contribution in [0, 0.1) is 6.92 Å². The van der Waals surface area contributed by atoms with Crippen LogP contribution in [-0.2, 0) is 17.1 Å². The lowest BCUT2D eigenvalue weighted by Crippen LogP contribution is -2.37. The maximum absolute atomic E-state index is 11.6. The summed E-state index contributed by atoms with van der Waals surface area (Å²) in [6, 6.07) is 6.04. The number of nitrogens with zero attached hydrogens (tertiary/aromatic N) is 4. The number of hydrogen-bond acceptors (Lipinski definition) is 4. The number of pyridine rings is 1. The maximum atomic E-state index is 11.6. The summed E-state index contributed by atoms with van der Waals surface area (Å²) in [6.07, 6.45) is 4.74. The first-order chi connectivity index (χ1) is 10.9. The van der Waals surface area contributed by atoms with Crippen LogP contribution in [0.5, 0.6) is 0 Å². The van der Waals surface area contributed by atoms with Crippen molar-refractivity contribution in [2.75, 3.05) is 19.3 Å². The number of aryl methyl sites for hydroxylation is 1. The lowest BCUT2D eigenvalue weighted by Gasteiger charge is -2.30. The summed E-state index contributed by atoms with van der Waals surface area (Å²) in [5, 5.41) is 0. The summed E-state index contributed by atoms with van der Waals surface area (Å²) in [5.41, 5.74) is 2.95. The lowest BCUT2D eigenvalue weighted by molar-refractivity contribution is 0.318. The van der Waals surface area contributed by atoms with Gasteiger partial charge >= 0.3 is 0 Å². The van der Waals surface area contributed by atoms with Gasteiger partial charge in [-0.25, -0.2) is 17.7 Å². The largest absolute Gasteiger partial charge is 0.330 e. The average Bonchev–Trinajstić information content (AvgIpc) is 2.86. The highest BCUT2D eigenvalue weighted by Gasteiger charge is 2.26. The zero-order valence-electron chi connectivity index (χ0n) is 13.7. The third-order valence-corrected chi connectivity index (χ3v) is 5.90. The normalized spacial score (nSPS) is 17.5. The molecule has 1 saturated heterocycles. The molecule has 1 aliphatic rings. The fourth-order valence-corrected chi connectivity index (χ4v) is 3.92. The van der Waals surface area contributed by atoms with E-state index in [1.54, 1.807) is 4.31 Å². The molecule has 1 fully saturated rings. The predicted molar refractivity (Wildman–Crippen MR) is 89.6 cm³/mol. The van der Waals surface area contributed by atoms with Gasteiger partial charge in [-0.05, 0) is 31.9 Å². The van der Waals surface area contributed by atoms with E-state index < -0.39 is 10.0 Å². The molecule has 6 nitrogen and oxygen atoms in total. The Balaban J connectivity index is 1.80. The first-order valence-electron chi connectivity index (χ1n) is 7.77. The van der Waals surface area contributed by atoms with Crippen molar-refractivity contribution in [3.63, 3.8) is 0 Å². The topological polar surface area (TPSA) is 68.1 Å². The summed E-state index contributed by atoms with van der Waals surface area (Å²) in [5.74, 6) is 1.26. The van der Waals surface area contributed by atoms with Crippen LogP contribution in [0.4, 0.5) is 0 Å². The zero-order valence-corrected chi connectivity index (χ0v) is 14.5. The molecule has 1 aliphatic heterocycles. The van der Waals surface area contributed by atoms with Crippen molar-refractivity contribution in [1.82, 2.24) is 18.8 Å². The van der Waals surface area contributed by atoms with Crippen molar-refractivity contribution in [3.8, 4) is 11.4 Å². The van der Waals surface area contributed by atoms with E-state index in [0.29, 0.717) is 19.0 Å². The van der Waals surface area contributed by atoms with Gasteiger partial charge in [-0.3, -0.25) is 4.98 Å². The van der Waals surface area contributed by atoms with Gasteiger partial charge in [0.1, 0.15) is 5.82 Å². The quantitative estimate of drug-likeness (QED) is 0.860. The number of imidazole rings is 1. The molecule has 0 atom stereocenters. The molecule has 0 unspecified atom stereocenters. The molecular formula is C16H22N4O2S. The minimum absolute atomic E-state index is 0.308. The molecular weight excluding hydrogens is 312 g/mol. The maximum Gasteiger partial charge on any atom is 0.211 e. The van der Waals surface area contributed by atoms with Gasteiger partial charge in [0.15, 0.2) is 0 Å². The highest BCUT2D eigenvalue weighted by molar-refractivity contribution is 7.88. The second kappa shape index (κ2) is 6.05. The monoisotopic (exact) mass is 334 g/mol. The first-order valence-corrected chi connectivity index (χ1v) is 9.62. The van der Waals surface area contributed by atoms with Crippen LogP contribution < -0.4 is 0 Å². The molecule has 23 heavy (non-hydrogen) atoms. The smallest absolute Gasteiger partial charge is 0.211 e. The highest BCUT2D eigenvalue weighted by atomic mass is 32.2. The van der Waals surface area contributed by atoms with Crippen molar-refractivity contribution >= 4 is 10.0 Å². The fraction of sp³-hybridized carbons (Fsp3) is 0.500. The number of rotatable bonds is 3. The van der Waals surface area contributed by atoms with Gasteiger partial charge in [0.05, 0.1) is 23.8 Å². The SMILES string of the molecule is Cc1ncc(-c2cccc(C3CCN(S(C)(=O)=O)CC3)n2)n1C. The second-order valence-electron chi connectivity index (χ2n) is 6.13. The van der Waals surface area contributed by atoms with Crippen LogP contribution >= 0.6 is 0 Å². The van der Waals surface area contributed by atoms with Gasteiger partial charge in [0.25, 0.3) is 0 Å². The molecule has 124 valence electrons. The molecule has 2 aromatic rings. The average molecular weight is 334 g/mol. The van der Waals surface area contributed by atoms with Gasteiger partial charge in [-0.2, -0.15) is 0 Å². The van der Waals surface area contributed by atoms with Crippen LogP contribution in [0.2, 0.25) is 0 Å². The van der Waals surface area contributed by atoms with Crippen molar-refractivity contribution in [2.24, 2.45) is 7.05 Å². The molecule has 0 N–H and O–H groups in total. The Bertz CT molecular complexity index is 805. The molecule has 0 amide bonds. The van der Waals surface area contributed by atoms with Gasteiger partial charge in [0.2, 0.25) is 10.0 Å². The minimum Gasteiger partial charge on any atom is -0.330 e. The van der Waals surface area contributed by atoms with E-state index in [0.717, 1.165) is 35.7 Å². The molecule has 0 aromatic carbocycles. The van der Waals surface area contributed by atoms with E-state index in [2.05, 4.69) is 4.98 Å². The van der Waals surface area contributed by atoms with E-state index >= 15 is 0 Å². The Morgan fingerprint density at radius 2 is 1.91 bits per heavy atom. The molecule has 7 heteroatoms. The van der Waals surface area contributed by atoms with E-state index in [9.17, 15) is 8.42 Å². The summed E-state index contributed by atoms with van der Waals surface area (Å²) < 4.78 is 26.8. The van der Waals surface area contributed by atoms with Gasteiger partial charge in [0, 0.05) is 31.7 Å². The fourth-order valence-electron chi connectivity index (χ4n) is 3.04. The Hall–Kier alpha value is -1.73. The van der Waals surface area contributed by atoms with Crippen LogP contribution in [0.1, 0.15) is 30.3 Å². The number of hydrogen-bond donors (Lipinski definition) is 0. The van der Waals surface area contributed by atoms with E-state index in [1.165, 1.54) is 6.26 Å². The summed E-state index contributed by atoms with van der Waals surface area (Å²) in [7, 11) is -1.10. The van der Waals surface area contributed by atoms with Crippen molar-refractivity contribution < 1.29 is 8.42 Å². The van der Waals surface area contributed by atoms with Crippen LogP contribution in [-0.4, -0.2) is 46.6 Å². The highest BCUT2D eigenvalue weighted by Crippen LogP contribution is 2.29. The Morgan fingerprint density at radius 3 is 2.48 bits per heavy atom. The Kier molecular flexibility index (Phi) is 4.25. The van der Waals surface area contributed by atoms with Crippen LogP contribution in [0.3, 0.4) is 0 Å². The van der Waals surface area contributed by atoms with Gasteiger partial charge in [-0.15, -0.1) is 0 Å². The molecule has 3 rings (SSSR count). The first kappa shape index (κ1) is 16.1. The van der Waals surface area contributed by atoms with Crippen molar-refractivity contribution in [1.29, 1.82) is 0 Å². The van der Waals surface area contributed by atoms with Gasteiger partial charge < -0.3 is 4.57 Å². The van der Waals surface area contributed by atoms with Crippen LogP contribution in [0.25, 0.3) is 11.4 Å². The molecule has 0 spiro atoms. The molecule has 0 aliphatic carbocycles. The van der Waals surface area contributed by atoms with Crippen LogP contribution in [0.15, 0.2) is 24.4 Å². The summed E-state index contributed by atoms with van der Waals surface area (Å²) in [6.45, 7) is 3.11. The number of piperidine rings is 1. The third kappa shape index (κ3) is 3.30. The number of aromatic nitrogens is 3. The zero-order chi connectivity index (χ0) is 16.6. The third-order valence-electron chi connectivity index (χ3n) is 4.59. The van der Waals surface area contributed by atoms with Crippen molar-refractivity contribution in [3.05, 3.63) is 35.9 Å². The molecule has 0 radical (unpaired) electrons. The predicted octanol–water partition coefficient (Wildman–Crippen LogP) is 1.93. The molecule has 2 aromatic heterocycles. The Morgan fingerprint density at radius 1 is 1.22 bits per heavy atom. The minimum atomic E-state index is -3.08. The second-order valence-corrected chi connectivity index (χ2v) is 8.12.